The summed E-state index contributed by atoms with van der Waals surface area (Å²) in [5.74, 6) is -0.260. The lowest BCUT2D eigenvalue weighted by molar-refractivity contribution is -0.115. The smallest absolute Gasteiger partial charge is 0.238 e. The Morgan fingerprint density at radius 3 is 2.70 bits per heavy atom. The molecule has 160 valence electrons. The summed E-state index contributed by atoms with van der Waals surface area (Å²) in [6.07, 6.45) is 0.842. The number of rotatable bonds is 7. The second kappa shape index (κ2) is 9.15. The van der Waals surface area contributed by atoms with Crippen molar-refractivity contribution in [3.8, 4) is 0 Å². The summed E-state index contributed by atoms with van der Waals surface area (Å²) in [7, 11) is -3.83. The number of benzene rings is 2. The number of imidazole rings is 1. The number of nitrogens with zero attached hydrogens (tertiary/aromatic N) is 2. The fraction of sp³-hybridized carbons (Fsp3) is 0.263. The summed E-state index contributed by atoms with van der Waals surface area (Å²) in [6.45, 7) is 4.45. The highest BCUT2D eigenvalue weighted by molar-refractivity contribution is 8.00. The Bertz CT molecular complexity index is 1210. The minimum Gasteiger partial charge on any atom is -0.324 e. The molecule has 3 N–H and O–H groups in total. The molecule has 2 aromatic carbocycles. The number of thioether (sulfide) groups is 1. The maximum absolute atomic E-state index is 12.7. The van der Waals surface area contributed by atoms with Crippen LogP contribution in [0.15, 0.2) is 46.5 Å². The van der Waals surface area contributed by atoms with Gasteiger partial charge in [0, 0.05) is 6.54 Å². The van der Waals surface area contributed by atoms with Gasteiger partial charge in [0.25, 0.3) is 0 Å². The molecule has 0 aliphatic rings. The van der Waals surface area contributed by atoms with Gasteiger partial charge in [0.2, 0.25) is 15.9 Å². The average Bonchev–Trinajstić information content (AvgIpc) is 3.01. The fourth-order valence-corrected chi connectivity index (χ4v) is 4.67. The van der Waals surface area contributed by atoms with Crippen molar-refractivity contribution >= 4 is 67.6 Å². The molecule has 1 heterocycles. The van der Waals surface area contributed by atoms with Crippen molar-refractivity contribution in [3.63, 3.8) is 0 Å². The first-order chi connectivity index (χ1) is 14.1. The number of nitrogens with one attached hydrogen (secondary N) is 1. The van der Waals surface area contributed by atoms with Crippen LogP contribution in [-0.2, 0) is 21.4 Å². The largest absolute Gasteiger partial charge is 0.324 e. The van der Waals surface area contributed by atoms with Gasteiger partial charge in [-0.1, -0.05) is 48.0 Å². The number of aromatic nitrogens is 2. The van der Waals surface area contributed by atoms with Crippen LogP contribution in [0.4, 0.5) is 5.69 Å². The number of carbonyl (C=O) groups excluding carboxylic acids is 1. The van der Waals surface area contributed by atoms with Gasteiger partial charge < -0.3 is 9.88 Å². The minimum absolute atomic E-state index is 0.00547. The predicted molar refractivity (Wildman–Crippen MR) is 122 cm³/mol. The lowest BCUT2D eigenvalue weighted by Crippen LogP contribution is -2.23. The molecule has 1 atom stereocenters. The Hall–Kier alpha value is -1.78. The molecule has 30 heavy (non-hydrogen) atoms. The van der Waals surface area contributed by atoms with E-state index in [0.717, 1.165) is 11.9 Å². The molecule has 3 rings (SSSR count). The van der Waals surface area contributed by atoms with E-state index in [1.165, 1.54) is 23.9 Å². The molecule has 1 aromatic heterocycles. The van der Waals surface area contributed by atoms with E-state index in [9.17, 15) is 13.2 Å². The molecular weight excluding hydrogens is 467 g/mol. The van der Waals surface area contributed by atoms with Gasteiger partial charge in [-0.25, -0.2) is 18.5 Å². The molecule has 0 saturated carbocycles. The highest BCUT2D eigenvalue weighted by atomic mass is 35.5. The minimum atomic E-state index is -3.83. The molecule has 0 aliphatic carbocycles. The number of sulfonamides is 1. The summed E-state index contributed by atoms with van der Waals surface area (Å²) >= 11 is 13.4. The molecule has 0 spiro atoms. The summed E-state index contributed by atoms with van der Waals surface area (Å²) in [5.41, 5.74) is 1.71. The van der Waals surface area contributed by atoms with Crippen LogP contribution in [0.5, 0.6) is 0 Å². The highest BCUT2D eigenvalue weighted by Gasteiger charge is 2.21. The molecule has 3 aromatic rings. The van der Waals surface area contributed by atoms with E-state index in [2.05, 4.69) is 10.3 Å². The van der Waals surface area contributed by atoms with Crippen molar-refractivity contribution in [1.29, 1.82) is 0 Å². The Balaban J connectivity index is 1.88. The number of hydrogen-bond donors (Lipinski definition) is 2. The molecule has 0 fully saturated rings. The van der Waals surface area contributed by atoms with Crippen LogP contribution in [0, 0.1) is 0 Å². The SMILES string of the molecule is CCCn1c(S[C@H](C)C(=O)Nc2cccc(Cl)c2Cl)nc2cc(S(N)(=O)=O)ccc21. The third-order valence-electron chi connectivity index (χ3n) is 4.32. The first kappa shape index (κ1) is 22.9. The number of primary sulfonamides is 1. The first-order valence-corrected chi connectivity index (χ1v) is 12.2. The molecule has 1 amide bonds. The van der Waals surface area contributed by atoms with Crippen molar-refractivity contribution in [2.45, 2.75) is 42.1 Å². The Labute approximate surface area is 189 Å². The lowest BCUT2D eigenvalue weighted by Gasteiger charge is -2.14. The number of amides is 1. The highest BCUT2D eigenvalue weighted by Crippen LogP contribution is 2.32. The maximum Gasteiger partial charge on any atom is 0.238 e. The van der Waals surface area contributed by atoms with Gasteiger partial charge in [-0.15, -0.1) is 0 Å². The van der Waals surface area contributed by atoms with Gasteiger partial charge in [-0.2, -0.15) is 0 Å². The molecule has 11 heteroatoms. The summed E-state index contributed by atoms with van der Waals surface area (Å²) in [4.78, 5) is 17.2. The van der Waals surface area contributed by atoms with Crippen LogP contribution >= 0.6 is 35.0 Å². The van der Waals surface area contributed by atoms with E-state index >= 15 is 0 Å². The third kappa shape index (κ3) is 4.92. The number of aryl methyl sites for hydroxylation is 1. The number of hydrogen-bond acceptors (Lipinski definition) is 5. The predicted octanol–water partition coefficient (Wildman–Crippen LogP) is 4.52. The summed E-state index contributed by atoms with van der Waals surface area (Å²) in [5, 5.41) is 8.75. The van der Waals surface area contributed by atoms with Crippen LogP contribution in [0.25, 0.3) is 11.0 Å². The number of anilines is 1. The summed E-state index contributed by atoms with van der Waals surface area (Å²) in [6, 6.07) is 9.59. The number of halogens is 2. The zero-order valence-electron chi connectivity index (χ0n) is 16.2. The average molecular weight is 487 g/mol. The zero-order chi connectivity index (χ0) is 22.1. The molecule has 0 radical (unpaired) electrons. The Morgan fingerprint density at radius 2 is 2.03 bits per heavy atom. The van der Waals surface area contributed by atoms with Crippen LogP contribution in [0.3, 0.4) is 0 Å². The van der Waals surface area contributed by atoms with Crippen molar-refractivity contribution < 1.29 is 13.2 Å². The van der Waals surface area contributed by atoms with Gasteiger partial charge in [0.15, 0.2) is 5.16 Å². The normalized spacial score (nSPS) is 12.8. The second-order valence-corrected chi connectivity index (χ2v) is 10.2. The second-order valence-electron chi connectivity index (χ2n) is 6.59. The van der Waals surface area contributed by atoms with Gasteiger partial charge in [-0.3, -0.25) is 4.79 Å². The fourth-order valence-electron chi connectivity index (χ4n) is 2.84. The van der Waals surface area contributed by atoms with Gasteiger partial charge in [0.1, 0.15) is 0 Å². The van der Waals surface area contributed by atoms with Crippen LogP contribution in [0.1, 0.15) is 20.3 Å². The quantitative estimate of drug-likeness (QED) is 0.477. The Kier molecular flexibility index (Phi) is 6.98. The van der Waals surface area contributed by atoms with Gasteiger partial charge >= 0.3 is 0 Å². The number of fused-ring (bicyclic) bond motifs is 1. The number of carbonyl (C=O) groups is 1. The maximum atomic E-state index is 12.7. The van der Waals surface area contributed by atoms with E-state index in [1.807, 2.05) is 11.5 Å². The lowest BCUT2D eigenvalue weighted by atomic mass is 10.3. The van der Waals surface area contributed by atoms with Crippen LogP contribution < -0.4 is 10.5 Å². The van der Waals surface area contributed by atoms with Gasteiger partial charge in [0.05, 0.1) is 36.9 Å². The van der Waals surface area contributed by atoms with Crippen molar-refractivity contribution in [2.75, 3.05) is 5.32 Å². The van der Waals surface area contributed by atoms with E-state index < -0.39 is 15.3 Å². The van der Waals surface area contributed by atoms with Crippen molar-refractivity contribution in [2.24, 2.45) is 5.14 Å². The molecule has 0 aliphatic heterocycles. The van der Waals surface area contributed by atoms with Crippen molar-refractivity contribution in [3.05, 3.63) is 46.4 Å². The standard InChI is InChI=1S/C19H20Cl2N4O3S2/c1-3-9-25-16-8-7-12(30(22,27)28)10-15(16)24-19(25)29-11(2)18(26)23-14-6-4-5-13(20)17(14)21/h4-8,10-11H,3,9H2,1-2H3,(H,23,26)(H2,22,27,28)/t11-/m1/s1. The van der Waals surface area contributed by atoms with Gasteiger partial charge in [-0.05, 0) is 43.7 Å². The Morgan fingerprint density at radius 1 is 1.30 bits per heavy atom. The third-order valence-corrected chi connectivity index (χ3v) is 7.14. The van der Waals surface area contributed by atoms with E-state index in [-0.39, 0.29) is 15.8 Å². The monoisotopic (exact) mass is 486 g/mol. The van der Waals surface area contributed by atoms with E-state index in [4.69, 9.17) is 28.3 Å². The van der Waals surface area contributed by atoms with Crippen LogP contribution in [0.2, 0.25) is 10.0 Å². The van der Waals surface area contributed by atoms with Crippen molar-refractivity contribution in [1.82, 2.24) is 9.55 Å². The summed E-state index contributed by atoms with van der Waals surface area (Å²) < 4.78 is 25.3. The molecule has 0 bridgehead atoms. The molecule has 7 nitrogen and oxygen atoms in total. The molecular formula is C19H20Cl2N4O3S2. The molecule has 0 saturated heterocycles. The topological polar surface area (TPSA) is 107 Å². The zero-order valence-corrected chi connectivity index (χ0v) is 19.4. The number of nitrogens with two attached hydrogens (primary N) is 1. The van der Waals surface area contributed by atoms with E-state index in [0.29, 0.717) is 27.9 Å². The van der Waals surface area contributed by atoms with Crippen LogP contribution in [-0.4, -0.2) is 29.1 Å². The van der Waals surface area contributed by atoms with E-state index in [1.54, 1.807) is 31.2 Å². The first-order valence-electron chi connectivity index (χ1n) is 9.06. The molecule has 0 unspecified atom stereocenters.